The van der Waals surface area contributed by atoms with E-state index in [0.29, 0.717) is 23.6 Å². The number of amides is 1. The molecule has 1 amide bonds. The summed E-state index contributed by atoms with van der Waals surface area (Å²) in [7, 11) is 0. The molecule has 0 atom stereocenters. The quantitative estimate of drug-likeness (QED) is 0.883. The number of aromatic amines is 1. The maximum atomic E-state index is 12.0. The van der Waals surface area contributed by atoms with Crippen molar-refractivity contribution in [2.24, 2.45) is 0 Å². The van der Waals surface area contributed by atoms with Crippen molar-refractivity contribution in [3.05, 3.63) is 41.5 Å². The average Bonchev–Trinajstić information content (AvgIpc) is 3.06. The number of nitrogens with zero attached hydrogens (tertiary/aromatic N) is 1. The van der Waals surface area contributed by atoms with Gasteiger partial charge >= 0.3 is 0 Å². The van der Waals surface area contributed by atoms with Crippen LogP contribution in [0.5, 0.6) is 11.5 Å². The van der Waals surface area contributed by atoms with Gasteiger partial charge in [0.05, 0.1) is 0 Å². The molecule has 1 aromatic heterocycles. The van der Waals surface area contributed by atoms with Crippen molar-refractivity contribution < 1.29 is 14.3 Å². The molecule has 2 aromatic rings. The number of fused-ring (bicyclic) bond motifs is 1. The summed E-state index contributed by atoms with van der Waals surface area (Å²) in [6, 6.07) is 5.16. The zero-order valence-electron chi connectivity index (χ0n) is 11.1. The van der Waals surface area contributed by atoms with Crippen molar-refractivity contribution in [2.75, 3.05) is 13.3 Å². The molecular weight excluding hydrogens is 258 g/mol. The van der Waals surface area contributed by atoms with E-state index in [9.17, 15) is 4.79 Å². The summed E-state index contributed by atoms with van der Waals surface area (Å²) in [6.45, 7) is 2.66. The molecule has 0 saturated heterocycles. The lowest BCUT2D eigenvalue weighted by molar-refractivity contribution is 0.0953. The van der Waals surface area contributed by atoms with Crippen molar-refractivity contribution in [3.63, 3.8) is 0 Å². The van der Waals surface area contributed by atoms with Crippen LogP contribution in [0.2, 0.25) is 0 Å². The molecule has 1 aromatic carbocycles. The molecule has 2 N–H and O–H groups in total. The highest BCUT2D eigenvalue weighted by Gasteiger charge is 2.15. The minimum absolute atomic E-state index is 0.125. The Balaban J connectivity index is 1.56. The summed E-state index contributed by atoms with van der Waals surface area (Å²) in [5.74, 6) is 2.04. The normalized spacial score (nSPS) is 12.4. The van der Waals surface area contributed by atoms with Gasteiger partial charge in [-0.05, 0) is 25.1 Å². The van der Waals surface area contributed by atoms with Crippen LogP contribution in [-0.4, -0.2) is 29.2 Å². The SMILES string of the molecule is Cc1ncc(CCNC(=O)c2ccc3c(c2)OCO3)[nH]1. The van der Waals surface area contributed by atoms with Crippen LogP contribution >= 0.6 is 0 Å². The maximum Gasteiger partial charge on any atom is 0.251 e. The number of imidazole rings is 1. The highest BCUT2D eigenvalue weighted by molar-refractivity contribution is 5.94. The largest absolute Gasteiger partial charge is 0.454 e. The van der Waals surface area contributed by atoms with Gasteiger partial charge in [0.1, 0.15) is 5.82 Å². The smallest absolute Gasteiger partial charge is 0.251 e. The number of hydrogen-bond acceptors (Lipinski definition) is 4. The van der Waals surface area contributed by atoms with Crippen molar-refractivity contribution in [1.82, 2.24) is 15.3 Å². The van der Waals surface area contributed by atoms with Crippen molar-refractivity contribution >= 4 is 5.91 Å². The zero-order valence-corrected chi connectivity index (χ0v) is 11.1. The first-order valence-corrected chi connectivity index (χ1v) is 6.41. The molecule has 2 heterocycles. The standard InChI is InChI=1S/C14H15N3O3/c1-9-16-7-11(17-9)4-5-15-14(18)10-2-3-12-13(6-10)20-8-19-12/h2-3,6-7H,4-5,8H2,1H3,(H,15,18)(H,16,17). The molecule has 6 nitrogen and oxygen atoms in total. The molecule has 1 aliphatic heterocycles. The Bertz CT molecular complexity index is 636. The molecule has 0 radical (unpaired) electrons. The Labute approximate surface area is 116 Å². The summed E-state index contributed by atoms with van der Waals surface area (Å²) in [6.07, 6.45) is 2.50. The van der Waals surface area contributed by atoms with E-state index in [0.717, 1.165) is 17.9 Å². The lowest BCUT2D eigenvalue weighted by atomic mass is 10.2. The van der Waals surface area contributed by atoms with Gasteiger partial charge in [-0.15, -0.1) is 0 Å². The summed E-state index contributed by atoms with van der Waals surface area (Å²) in [5, 5.41) is 2.86. The Morgan fingerprint density at radius 3 is 3.05 bits per heavy atom. The van der Waals surface area contributed by atoms with E-state index in [4.69, 9.17) is 9.47 Å². The summed E-state index contributed by atoms with van der Waals surface area (Å²) in [5.41, 5.74) is 1.57. The summed E-state index contributed by atoms with van der Waals surface area (Å²) < 4.78 is 10.5. The molecule has 0 saturated carbocycles. The number of carbonyl (C=O) groups is 1. The first-order chi connectivity index (χ1) is 9.72. The van der Waals surface area contributed by atoms with Gasteiger partial charge in [-0.1, -0.05) is 0 Å². The minimum atomic E-state index is -0.125. The van der Waals surface area contributed by atoms with Crippen molar-refractivity contribution in [2.45, 2.75) is 13.3 Å². The number of H-pyrrole nitrogens is 1. The predicted octanol–water partition coefficient (Wildman–Crippen LogP) is 1.42. The Kier molecular flexibility index (Phi) is 3.28. The number of carbonyl (C=O) groups excluding carboxylic acids is 1. The van der Waals surface area contributed by atoms with Crippen LogP contribution in [0.1, 0.15) is 21.9 Å². The number of ether oxygens (including phenoxy) is 2. The zero-order chi connectivity index (χ0) is 13.9. The van der Waals surface area contributed by atoms with Gasteiger partial charge in [-0.25, -0.2) is 4.98 Å². The van der Waals surface area contributed by atoms with Crippen LogP contribution in [0.3, 0.4) is 0 Å². The molecule has 20 heavy (non-hydrogen) atoms. The Morgan fingerprint density at radius 1 is 1.40 bits per heavy atom. The molecule has 1 aliphatic rings. The fourth-order valence-electron chi connectivity index (χ4n) is 2.05. The van der Waals surface area contributed by atoms with Gasteiger partial charge in [0, 0.05) is 30.4 Å². The van der Waals surface area contributed by atoms with E-state index < -0.39 is 0 Å². The first kappa shape index (κ1) is 12.5. The number of hydrogen-bond donors (Lipinski definition) is 2. The van der Waals surface area contributed by atoms with Crippen LogP contribution in [0.25, 0.3) is 0 Å². The highest BCUT2D eigenvalue weighted by atomic mass is 16.7. The van der Waals surface area contributed by atoms with Gasteiger partial charge in [0.25, 0.3) is 5.91 Å². The molecule has 0 fully saturated rings. The number of aryl methyl sites for hydroxylation is 1. The molecule has 0 unspecified atom stereocenters. The molecule has 6 heteroatoms. The van der Waals surface area contributed by atoms with Crippen LogP contribution in [-0.2, 0) is 6.42 Å². The van der Waals surface area contributed by atoms with E-state index in [1.54, 1.807) is 24.4 Å². The lowest BCUT2D eigenvalue weighted by Gasteiger charge is -2.05. The van der Waals surface area contributed by atoms with E-state index in [1.165, 1.54) is 0 Å². The Hall–Kier alpha value is -2.50. The van der Waals surface area contributed by atoms with Gasteiger partial charge in [-0.3, -0.25) is 4.79 Å². The predicted molar refractivity (Wildman–Crippen MR) is 71.9 cm³/mol. The second-order valence-electron chi connectivity index (χ2n) is 4.57. The van der Waals surface area contributed by atoms with Gasteiger partial charge in [0.2, 0.25) is 6.79 Å². The van der Waals surface area contributed by atoms with Crippen LogP contribution in [0.4, 0.5) is 0 Å². The molecule has 3 rings (SSSR count). The molecular formula is C14H15N3O3. The monoisotopic (exact) mass is 273 g/mol. The number of nitrogens with one attached hydrogen (secondary N) is 2. The van der Waals surface area contributed by atoms with Crippen LogP contribution in [0.15, 0.2) is 24.4 Å². The van der Waals surface area contributed by atoms with Gasteiger partial charge in [0.15, 0.2) is 11.5 Å². The van der Waals surface area contributed by atoms with E-state index >= 15 is 0 Å². The average molecular weight is 273 g/mol. The maximum absolute atomic E-state index is 12.0. The third-order valence-electron chi connectivity index (χ3n) is 3.07. The molecule has 104 valence electrons. The third kappa shape index (κ3) is 2.59. The van der Waals surface area contributed by atoms with E-state index in [-0.39, 0.29) is 12.7 Å². The van der Waals surface area contributed by atoms with Gasteiger partial charge < -0.3 is 19.8 Å². The minimum Gasteiger partial charge on any atom is -0.454 e. The first-order valence-electron chi connectivity index (χ1n) is 6.41. The van der Waals surface area contributed by atoms with E-state index in [2.05, 4.69) is 15.3 Å². The fourth-order valence-corrected chi connectivity index (χ4v) is 2.05. The second kappa shape index (κ2) is 5.24. The van der Waals surface area contributed by atoms with Crippen molar-refractivity contribution in [3.8, 4) is 11.5 Å². The third-order valence-corrected chi connectivity index (χ3v) is 3.07. The highest BCUT2D eigenvalue weighted by Crippen LogP contribution is 2.32. The van der Waals surface area contributed by atoms with Crippen molar-refractivity contribution in [1.29, 1.82) is 0 Å². The second-order valence-corrected chi connectivity index (χ2v) is 4.57. The number of benzene rings is 1. The van der Waals surface area contributed by atoms with Crippen LogP contribution < -0.4 is 14.8 Å². The molecule has 0 bridgehead atoms. The van der Waals surface area contributed by atoms with Crippen LogP contribution in [0, 0.1) is 6.92 Å². The summed E-state index contributed by atoms with van der Waals surface area (Å²) >= 11 is 0. The Morgan fingerprint density at radius 2 is 2.25 bits per heavy atom. The molecule has 0 aliphatic carbocycles. The van der Waals surface area contributed by atoms with Gasteiger partial charge in [-0.2, -0.15) is 0 Å². The number of aromatic nitrogens is 2. The summed E-state index contributed by atoms with van der Waals surface area (Å²) in [4.78, 5) is 19.2. The topological polar surface area (TPSA) is 76.2 Å². The lowest BCUT2D eigenvalue weighted by Crippen LogP contribution is -2.25. The number of rotatable bonds is 4. The fraction of sp³-hybridized carbons (Fsp3) is 0.286. The van der Waals surface area contributed by atoms with E-state index in [1.807, 2.05) is 6.92 Å². The molecule has 0 spiro atoms.